The molecule has 0 aliphatic rings. The molecule has 2 aromatic carbocycles. The number of fused-ring (bicyclic) bond motifs is 1. The Morgan fingerprint density at radius 2 is 1.85 bits per heavy atom. The highest BCUT2D eigenvalue weighted by atomic mass is 32.2. The minimum atomic E-state index is 1.12. The second-order valence-electron chi connectivity index (χ2n) is 4.26. The van der Waals surface area contributed by atoms with Crippen molar-refractivity contribution >= 4 is 33.9 Å². The highest BCUT2D eigenvalue weighted by molar-refractivity contribution is 7.99. The quantitative estimate of drug-likeness (QED) is 0.579. The standard InChI is InChI=1S/C12H12S.C5H7NS/c1-2-13-12-8-7-10-5-3-4-6-11(10)9-12;1-2-5-3-6-4-7-5/h3-9H,2H2,1H3;3-4H,2H2,1H3. The van der Waals surface area contributed by atoms with Crippen LogP contribution in [0.5, 0.6) is 0 Å². The molecular weight excluding hydrogens is 282 g/mol. The van der Waals surface area contributed by atoms with Gasteiger partial charge in [-0.15, -0.1) is 23.1 Å². The molecule has 0 amide bonds. The predicted molar refractivity (Wildman–Crippen MR) is 91.8 cm³/mol. The van der Waals surface area contributed by atoms with E-state index in [4.69, 9.17) is 0 Å². The lowest BCUT2D eigenvalue weighted by Gasteiger charge is -2.00. The summed E-state index contributed by atoms with van der Waals surface area (Å²) in [4.78, 5) is 6.63. The van der Waals surface area contributed by atoms with Crippen molar-refractivity contribution in [1.82, 2.24) is 4.98 Å². The Morgan fingerprint density at radius 3 is 2.45 bits per heavy atom. The molecule has 0 unspecified atom stereocenters. The summed E-state index contributed by atoms with van der Waals surface area (Å²) in [6.45, 7) is 4.31. The molecule has 0 bridgehead atoms. The highest BCUT2D eigenvalue weighted by Gasteiger charge is 1.94. The second kappa shape index (κ2) is 8.08. The molecule has 3 heteroatoms. The molecule has 1 nitrogen and oxygen atoms in total. The minimum absolute atomic E-state index is 1.12. The fraction of sp³-hybridized carbons (Fsp3) is 0.235. The number of aromatic nitrogens is 1. The van der Waals surface area contributed by atoms with E-state index in [-0.39, 0.29) is 0 Å². The molecule has 3 rings (SSSR count). The molecule has 0 spiro atoms. The average molecular weight is 301 g/mol. The number of hydrogen-bond acceptors (Lipinski definition) is 3. The Morgan fingerprint density at radius 1 is 1.05 bits per heavy atom. The lowest BCUT2D eigenvalue weighted by molar-refractivity contribution is 1.17. The third kappa shape index (κ3) is 4.36. The Bertz CT molecular complexity index is 632. The van der Waals surface area contributed by atoms with Gasteiger partial charge in [-0.3, -0.25) is 4.98 Å². The van der Waals surface area contributed by atoms with E-state index in [9.17, 15) is 0 Å². The summed E-state index contributed by atoms with van der Waals surface area (Å²) in [5.74, 6) is 1.14. The zero-order valence-electron chi connectivity index (χ0n) is 11.9. The van der Waals surface area contributed by atoms with Gasteiger partial charge in [-0.05, 0) is 35.1 Å². The molecule has 3 aromatic rings. The summed E-state index contributed by atoms with van der Waals surface area (Å²) in [6, 6.07) is 15.1. The van der Waals surface area contributed by atoms with Crippen LogP contribution >= 0.6 is 23.1 Å². The summed E-state index contributed by atoms with van der Waals surface area (Å²) < 4.78 is 0. The SMILES string of the molecule is CCSc1ccc2ccccc2c1.CCc1cncs1. The summed E-state index contributed by atoms with van der Waals surface area (Å²) in [6.07, 6.45) is 3.02. The van der Waals surface area contributed by atoms with Crippen molar-refractivity contribution in [1.29, 1.82) is 0 Å². The molecule has 0 saturated carbocycles. The van der Waals surface area contributed by atoms with Crippen molar-refractivity contribution in [3.05, 3.63) is 59.0 Å². The smallest absolute Gasteiger partial charge is 0.0794 e. The van der Waals surface area contributed by atoms with E-state index in [2.05, 4.69) is 61.3 Å². The molecule has 0 atom stereocenters. The number of thiazole rings is 1. The van der Waals surface area contributed by atoms with E-state index in [1.54, 1.807) is 11.3 Å². The van der Waals surface area contributed by atoms with E-state index in [0.29, 0.717) is 0 Å². The first kappa shape index (κ1) is 15.1. The molecule has 20 heavy (non-hydrogen) atoms. The van der Waals surface area contributed by atoms with Crippen LogP contribution in [0.4, 0.5) is 0 Å². The molecule has 1 aromatic heterocycles. The zero-order chi connectivity index (χ0) is 14.2. The van der Waals surface area contributed by atoms with Gasteiger partial charge < -0.3 is 0 Å². The summed E-state index contributed by atoms with van der Waals surface area (Å²) >= 11 is 3.60. The van der Waals surface area contributed by atoms with Gasteiger partial charge in [-0.25, -0.2) is 0 Å². The molecular formula is C17H19NS2. The average Bonchev–Trinajstić information content (AvgIpc) is 3.02. The van der Waals surface area contributed by atoms with Crippen molar-refractivity contribution < 1.29 is 0 Å². The zero-order valence-corrected chi connectivity index (χ0v) is 13.5. The van der Waals surface area contributed by atoms with Gasteiger partial charge >= 0.3 is 0 Å². The second-order valence-corrected chi connectivity index (χ2v) is 6.57. The molecule has 104 valence electrons. The van der Waals surface area contributed by atoms with Gasteiger partial charge in [-0.1, -0.05) is 44.2 Å². The topological polar surface area (TPSA) is 12.9 Å². The Hall–Kier alpha value is -1.32. The maximum atomic E-state index is 3.91. The molecule has 0 fully saturated rings. The van der Waals surface area contributed by atoms with Crippen molar-refractivity contribution in [2.75, 3.05) is 5.75 Å². The van der Waals surface area contributed by atoms with Crippen molar-refractivity contribution in [3.8, 4) is 0 Å². The largest absolute Gasteiger partial charge is 0.253 e. The van der Waals surface area contributed by atoms with Crippen LogP contribution in [-0.4, -0.2) is 10.7 Å². The van der Waals surface area contributed by atoms with E-state index < -0.39 is 0 Å². The van der Waals surface area contributed by atoms with Crippen LogP contribution in [0.15, 0.2) is 59.1 Å². The fourth-order valence-electron chi connectivity index (χ4n) is 1.84. The van der Waals surface area contributed by atoms with Crippen molar-refractivity contribution in [3.63, 3.8) is 0 Å². The third-order valence-corrected chi connectivity index (χ3v) is 4.66. The predicted octanol–water partition coefficient (Wildman–Crippen LogP) is 5.66. The fourth-order valence-corrected chi connectivity index (χ4v) is 3.09. The number of hydrogen-bond donors (Lipinski definition) is 0. The number of benzene rings is 2. The van der Waals surface area contributed by atoms with Gasteiger partial charge in [0.05, 0.1) is 5.51 Å². The summed E-state index contributed by atoms with van der Waals surface area (Å²) in [5, 5.41) is 2.66. The van der Waals surface area contributed by atoms with Gasteiger partial charge in [0.25, 0.3) is 0 Å². The van der Waals surface area contributed by atoms with Gasteiger partial charge in [0.15, 0.2) is 0 Å². The van der Waals surface area contributed by atoms with Crippen LogP contribution in [0.1, 0.15) is 18.7 Å². The summed E-state index contributed by atoms with van der Waals surface area (Å²) in [5.41, 5.74) is 1.86. The van der Waals surface area contributed by atoms with Crippen LogP contribution in [0.2, 0.25) is 0 Å². The lowest BCUT2D eigenvalue weighted by Crippen LogP contribution is -1.75. The minimum Gasteiger partial charge on any atom is -0.253 e. The molecule has 0 aliphatic heterocycles. The van der Waals surface area contributed by atoms with Crippen LogP contribution in [-0.2, 0) is 6.42 Å². The lowest BCUT2D eigenvalue weighted by atomic mass is 10.1. The van der Waals surface area contributed by atoms with Gasteiger partial charge in [0.2, 0.25) is 0 Å². The monoisotopic (exact) mass is 301 g/mol. The van der Waals surface area contributed by atoms with Crippen LogP contribution in [0.3, 0.4) is 0 Å². The maximum absolute atomic E-state index is 3.91. The maximum Gasteiger partial charge on any atom is 0.0794 e. The molecule has 0 radical (unpaired) electrons. The van der Waals surface area contributed by atoms with E-state index in [1.165, 1.54) is 20.5 Å². The van der Waals surface area contributed by atoms with Crippen LogP contribution < -0.4 is 0 Å². The first-order chi connectivity index (χ1) is 9.83. The Labute approximate surface area is 129 Å². The van der Waals surface area contributed by atoms with E-state index in [0.717, 1.165) is 12.2 Å². The normalized spacial score (nSPS) is 10.1. The number of nitrogens with zero attached hydrogens (tertiary/aromatic N) is 1. The van der Waals surface area contributed by atoms with E-state index >= 15 is 0 Å². The van der Waals surface area contributed by atoms with Gasteiger partial charge in [-0.2, -0.15) is 0 Å². The molecule has 0 N–H and O–H groups in total. The van der Waals surface area contributed by atoms with Crippen molar-refractivity contribution in [2.24, 2.45) is 0 Å². The van der Waals surface area contributed by atoms with Crippen LogP contribution in [0.25, 0.3) is 10.8 Å². The number of aryl methyl sites for hydroxylation is 1. The highest BCUT2D eigenvalue weighted by Crippen LogP contribution is 2.22. The number of rotatable bonds is 3. The molecule has 0 aliphatic carbocycles. The third-order valence-electron chi connectivity index (χ3n) is 2.86. The Balaban J connectivity index is 0.000000178. The van der Waals surface area contributed by atoms with Gasteiger partial charge in [0, 0.05) is 16.0 Å². The summed E-state index contributed by atoms with van der Waals surface area (Å²) in [7, 11) is 0. The Kier molecular flexibility index (Phi) is 6.09. The van der Waals surface area contributed by atoms with Crippen LogP contribution in [0, 0.1) is 0 Å². The first-order valence-corrected chi connectivity index (χ1v) is 8.69. The van der Waals surface area contributed by atoms with E-state index in [1.807, 2.05) is 23.5 Å². The van der Waals surface area contributed by atoms with Gasteiger partial charge in [0.1, 0.15) is 0 Å². The van der Waals surface area contributed by atoms with Crippen molar-refractivity contribution in [2.45, 2.75) is 25.2 Å². The molecule has 1 heterocycles. The first-order valence-electron chi connectivity index (χ1n) is 6.82. The molecule has 0 saturated heterocycles. The number of thioether (sulfide) groups is 1.